The van der Waals surface area contributed by atoms with Crippen LogP contribution in [0.1, 0.15) is 36.1 Å². The Morgan fingerprint density at radius 3 is 2.25 bits per heavy atom. The fourth-order valence-corrected chi connectivity index (χ4v) is 3.03. The van der Waals surface area contributed by atoms with Crippen molar-refractivity contribution in [3.63, 3.8) is 0 Å². The Labute approximate surface area is 180 Å². The summed E-state index contributed by atoms with van der Waals surface area (Å²) in [6.07, 6.45) is 1.17. The summed E-state index contributed by atoms with van der Waals surface area (Å²) >= 11 is 0. The minimum Gasteiger partial charge on any atom is -0.512 e. The fraction of sp³-hybridized carbons (Fsp3) is 0.250. The van der Waals surface area contributed by atoms with Gasteiger partial charge in [0.2, 0.25) is 0 Å². The van der Waals surface area contributed by atoms with Gasteiger partial charge in [-0.3, -0.25) is 9.78 Å². The number of allylic oxidation sites excluding steroid dienone is 2. The van der Waals surface area contributed by atoms with Crippen molar-refractivity contribution >= 4 is 16.7 Å². The molecule has 0 aliphatic carbocycles. The number of aliphatic hydroxyl groups is 1. The number of carbonyl (C=O) groups excluding carboxylic acids is 1. The quantitative estimate of drug-likeness (QED) is 0.242. The van der Waals surface area contributed by atoms with E-state index in [1.807, 2.05) is 0 Å². The van der Waals surface area contributed by atoms with Gasteiger partial charge in [-0.1, -0.05) is 37.6 Å². The molecular formula is C24H26IrNO2-. The maximum atomic E-state index is 10.0. The molecule has 0 bridgehead atoms. The largest absolute Gasteiger partial charge is 0.512 e. The van der Waals surface area contributed by atoms with Crippen LogP contribution in [-0.4, -0.2) is 15.9 Å². The summed E-state index contributed by atoms with van der Waals surface area (Å²) in [5, 5.41) is 9.60. The molecule has 1 aromatic heterocycles. The number of nitrogens with zero attached hydrogens (tertiary/aromatic N) is 1. The number of aliphatic hydroxyl groups excluding tert-OH is 1. The van der Waals surface area contributed by atoms with Gasteiger partial charge in [-0.15, -0.1) is 34.9 Å². The average molecular weight is 553 g/mol. The summed E-state index contributed by atoms with van der Waals surface area (Å²) in [5.41, 5.74) is 8.06. The zero-order chi connectivity index (χ0) is 20.1. The van der Waals surface area contributed by atoms with E-state index in [0.29, 0.717) is 0 Å². The van der Waals surface area contributed by atoms with Crippen LogP contribution in [0.3, 0.4) is 0 Å². The van der Waals surface area contributed by atoms with Gasteiger partial charge in [0.05, 0.1) is 11.3 Å². The van der Waals surface area contributed by atoms with Crippen molar-refractivity contribution in [2.45, 2.75) is 41.5 Å². The van der Waals surface area contributed by atoms with Crippen LogP contribution in [0.4, 0.5) is 0 Å². The zero-order valence-electron chi connectivity index (χ0n) is 17.2. The third-order valence-electron chi connectivity index (χ3n) is 4.08. The zero-order valence-corrected chi connectivity index (χ0v) is 19.6. The monoisotopic (exact) mass is 553 g/mol. The van der Waals surface area contributed by atoms with Crippen molar-refractivity contribution in [3.8, 4) is 11.3 Å². The van der Waals surface area contributed by atoms with Crippen LogP contribution < -0.4 is 0 Å². The predicted molar refractivity (Wildman–Crippen MR) is 112 cm³/mol. The number of hydrogen-bond acceptors (Lipinski definition) is 3. The number of aromatic nitrogens is 1. The van der Waals surface area contributed by atoms with Gasteiger partial charge in [-0.05, 0) is 45.0 Å². The maximum Gasteiger partial charge on any atom is 0.155 e. The normalized spacial score (nSPS) is 10.7. The van der Waals surface area contributed by atoms with Crippen LogP contribution in [0.25, 0.3) is 22.2 Å². The molecular weight excluding hydrogens is 526 g/mol. The molecule has 3 nitrogen and oxygen atoms in total. The average Bonchev–Trinajstić information content (AvgIpc) is 2.53. The summed E-state index contributed by atoms with van der Waals surface area (Å²) in [7, 11) is 0. The molecule has 0 fully saturated rings. The smallest absolute Gasteiger partial charge is 0.155 e. The molecule has 149 valence electrons. The molecule has 2 aromatic carbocycles. The van der Waals surface area contributed by atoms with Crippen LogP contribution in [-0.2, 0) is 24.9 Å². The second kappa shape index (κ2) is 10.3. The van der Waals surface area contributed by atoms with E-state index in [0.717, 1.165) is 22.3 Å². The number of hydrogen-bond donors (Lipinski definition) is 1. The summed E-state index contributed by atoms with van der Waals surface area (Å²) in [4.78, 5) is 14.9. The second-order valence-electron chi connectivity index (χ2n) is 6.95. The molecule has 0 amide bonds. The molecule has 1 N–H and O–H groups in total. The predicted octanol–water partition coefficient (Wildman–Crippen LogP) is 5.97. The Morgan fingerprint density at radius 2 is 1.71 bits per heavy atom. The van der Waals surface area contributed by atoms with E-state index in [4.69, 9.17) is 10.1 Å². The van der Waals surface area contributed by atoms with Crippen molar-refractivity contribution in [3.05, 3.63) is 76.6 Å². The minimum atomic E-state index is -0.125. The van der Waals surface area contributed by atoms with Crippen molar-refractivity contribution < 1.29 is 30.0 Å². The number of pyridine rings is 1. The van der Waals surface area contributed by atoms with E-state index in [-0.39, 0.29) is 31.6 Å². The van der Waals surface area contributed by atoms with Crippen molar-refractivity contribution in [2.75, 3.05) is 0 Å². The molecule has 3 rings (SSSR count). The first-order chi connectivity index (χ1) is 12.7. The summed E-state index contributed by atoms with van der Waals surface area (Å²) < 4.78 is 0. The van der Waals surface area contributed by atoms with E-state index >= 15 is 0 Å². The molecule has 3 aromatic rings. The standard InChI is InChI=1S/C19H18N.C5H8O2.Ir/c1-12-8-13(2)10-16(9-12)19-15(4)11-17-14(3)6-5-7-18(17)20-19;1-4(6)3-5(2)7;/h5-9,11H,1-4H3;3,6H,1-2H3;/q-1;;. The second-order valence-corrected chi connectivity index (χ2v) is 6.95. The van der Waals surface area contributed by atoms with Gasteiger partial charge in [0.25, 0.3) is 0 Å². The Morgan fingerprint density at radius 1 is 1.04 bits per heavy atom. The first kappa shape index (κ1) is 23.7. The summed E-state index contributed by atoms with van der Waals surface area (Å²) in [5.74, 6) is -0.0625. The van der Waals surface area contributed by atoms with Crippen molar-refractivity contribution in [2.24, 2.45) is 0 Å². The van der Waals surface area contributed by atoms with Crippen LogP contribution in [0.2, 0.25) is 0 Å². The van der Waals surface area contributed by atoms with Gasteiger partial charge in [0.15, 0.2) is 5.78 Å². The molecule has 4 heteroatoms. The van der Waals surface area contributed by atoms with Crippen molar-refractivity contribution in [1.82, 2.24) is 4.98 Å². The molecule has 0 aliphatic heterocycles. The SMILES string of the molecule is CC(=O)C=C(C)O.Cc1[c-]c(-c2nc3cccc(C)c3cc2C)cc(C)c1.[Ir]. The summed E-state index contributed by atoms with van der Waals surface area (Å²) in [6.45, 7) is 11.3. The number of fused-ring (bicyclic) bond motifs is 1. The van der Waals surface area contributed by atoms with Gasteiger partial charge in [-0.25, -0.2) is 0 Å². The van der Waals surface area contributed by atoms with Crippen LogP contribution in [0, 0.1) is 33.8 Å². The number of rotatable bonds is 2. The number of benzene rings is 2. The van der Waals surface area contributed by atoms with Crippen molar-refractivity contribution in [1.29, 1.82) is 0 Å². The molecule has 0 saturated heterocycles. The fourth-order valence-electron chi connectivity index (χ4n) is 3.03. The van der Waals surface area contributed by atoms with Gasteiger partial charge in [0, 0.05) is 31.6 Å². The van der Waals surface area contributed by atoms with Crippen LogP contribution in [0.5, 0.6) is 0 Å². The molecule has 0 aliphatic rings. The van der Waals surface area contributed by atoms with Crippen LogP contribution >= 0.6 is 0 Å². The molecule has 0 atom stereocenters. The van der Waals surface area contributed by atoms with Crippen LogP contribution in [0.15, 0.2) is 48.2 Å². The Bertz CT molecular complexity index is 998. The molecule has 1 radical (unpaired) electrons. The third kappa shape index (κ3) is 6.40. The molecule has 28 heavy (non-hydrogen) atoms. The molecule has 0 spiro atoms. The van der Waals surface area contributed by atoms with E-state index in [2.05, 4.69) is 70.2 Å². The van der Waals surface area contributed by atoms with E-state index in [1.165, 1.54) is 42.0 Å². The van der Waals surface area contributed by atoms with Gasteiger partial charge < -0.3 is 5.11 Å². The van der Waals surface area contributed by atoms with E-state index < -0.39 is 0 Å². The topological polar surface area (TPSA) is 50.2 Å². The minimum absolute atomic E-state index is 0. The molecule has 0 unspecified atom stereocenters. The van der Waals surface area contributed by atoms with Gasteiger partial charge in [-0.2, -0.15) is 0 Å². The third-order valence-corrected chi connectivity index (χ3v) is 4.08. The Balaban J connectivity index is 0.000000425. The molecule has 0 saturated carbocycles. The van der Waals surface area contributed by atoms with Gasteiger partial charge in [0.1, 0.15) is 0 Å². The van der Waals surface area contributed by atoms with Gasteiger partial charge >= 0.3 is 0 Å². The number of carbonyl (C=O) groups is 1. The van der Waals surface area contributed by atoms with E-state index in [9.17, 15) is 4.79 Å². The maximum absolute atomic E-state index is 10.0. The summed E-state index contributed by atoms with van der Waals surface area (Å²) in [6, 6.07) is 16.2. The first-order valence-electron chi connectivity index (χ1n) is 8.93. The number of aryl methyl sites for hydroxylation is 4. The number of ketones is 1. The molecule has 1 heterocycles. The first-order valence-corrected chi connectivity index (χ1v) is 8.93. The Hall–Kier alpha value is -2.29. The van der Waals surface area contributed by atoms with E-state index in [1.54, 1.807) is 0 Å². The Kier molecular flexibility index (Phi) is 8.74.